The maximum Gasteiger partial charge on any atom is 0.267 e. The fourth-order valence-electron chi connectivity index (χ4n) is 2.39. The zero-order chi connectivity index (χ0) is 14.9. The molecule has 8 heteroatoms. The van der Waals surface area contributed by atoms with Gasteiger partial charge in [0, 0.05) is 33.4 Å². The third-order valence-corrected chi connectivity index (χ3v) is 5.49. The van der Waals surface area contributed by atoms with E-state index in [1.165, 1.54) is 28.2 Å². The molecule has 1 atom stereocenters. The number of nitrogens with one attached hydrogen (secondary N) is 1. The average Bonchev–Trinajstić information content (AvgIpc) is 3.04. The van der Waals surface area contributed by atoms with Crippen LogP contribution in [0.15, 0.2) is 17.2 Å². The van der Waals surface area contributed by atoms with Gasteiger partial charge in [-0.2, -0.15) is 4.31 Å². The van der Waals surface area contributed by atoms with Crippen LogP contribution in [0.25, 0.3) is 0 Å². The molecule has 1 unspecified atom stereocenters. The van der Waals surface area contributed by atoms with Crippen molar-refractivity contribution in [2.45, 2.75) is 11.3 Å². The van der Waals surface area contributed by atoms with Gasteiger partial charge in [0.15, 0.2) is 0 Å². The number of rotatable bonds is 4. The summed E-state index contributed by atoms with van der Waals surface area (Å²) in [5, 5.41) is 2.49. The fraction of sp³-hybridized carbons (Fsp3) is 0.583. The summed E-state index contributed by atoms with van der Waals surface area (Å²) in [5.41, 5.74) is 5.91. The second kappa shape index (κ2) is 5.55. The van der Waals surface area contributed by atoms with E-state index in [1.807, 2.05) is 0 Å². The molecular formula is C12H20N4O3S. The van der Waals surface area contributed by atoms with Crippen molar-refractivity contribution >= 4 is 15.9 Å². The molecule has 1 aromatic rings. The lowest BCUT2D eigenvalue weighted by Gasteiger charge is -2.15. The maximum absolute atomic E-state index is 12.5. The first kappa shape index (κ1) is 15.0. The minimum atomic E-state index is -3.55. The summed E-state index contributed by atoms with van der Waals surface area (Å²) >= 11 is 0. The number of hydrogen-bond donors (Lipinski definition) is 2. The van der Waals surface area contributed by atoms with Crippen LogP contribution in [0.4, 0.5) is 0 Å². The first-order valence-electron chi connectivity index (χ1n) is 6.48. The van der Waals surface area contributed by atoms with Crippen LogP contribution in [0.1, 0.15) is 16.9 Å². The van der Waals surface area contributed by atoms with E-state index in [2.05, 4.69) is 5.32 Å². The van der Waals surface area contributed by atoms with E-state index in [9.17, 15) is 13.2 Å². The Kier molecular flexibility index (Phi) is 4.17. The highest BCUT2D eigenvalue weighted by molar-refractivity contribution is 7.89. The van der Waals surface area contributed by atoms with Gasteiger partial charge in [-0.15, -0.1) is 0 Å². The van der Waals surface area contributed by atoms with Crippen LogP contribution in [0.5, 0.6) is 0 Å². The van der Waals surface area contributed by atoms with Crippen LogP contribution in [0, 0.1) is 5.92 Å². The van der Waals surface area contributed by atoms with Gasteiger partial charge < -0.3 is 15.6 Å². The molecule has 20 heavy (non-hydrogen) atoms. The Bertz CT molecular complexity index is 608. The normalized spacial score (nSPS) is 20.2. The predicted octanol–water partition coefficient (Wildman–Crippen LogP) is -0.646. The van der Waals surface area contributed by atoms with Crippen LogP contribution in [-0.2, 0) is 17.1 Å². The van der Waals surface area contributed by atoms with E-state index in [4.69, 9.17) is 5.73 Å². The second-order valence-electron chi connectivity index (χ2n) is 5.00. The molecule has 1 fully saturated rings. The number of nitrogens with two attached hydrogens (primary N) is 1. The molecule has 0 aliphatic carbocycles. The van der Waals surface area contributed by atoms with Crippen molar-refractivity contribution in [2.24, 2.45) is 18.7 Å². The van der Waals surface area contributed by atoms with Crippen LogP contribution in [0.2, 0.25) is 0 Å². The van der Waals surface area contributed by atoms with E-state index < -0.39 is 10.0 Å². The van der Waals surface area contributed by atoms with Gasteiger partial charge in [-0.1, -0.05) is 0 Å². The monoisotopic (exact) mass is 300 g/mol. The van der Waals surface area contributed by atoms with Crippen molar-refractivity contribution in [1.29, 1.82) is 0 Å². The number of carbonyl (C=O) groups is 1. The predicted molar refractivity (Wildman–Crippen MR) is 74.7 cm³/mol. The lowest BCUT2D eigenvalue weighted by Crippen LogP contribution is -2.29. The van der Waals surface area contributed by atoms with Crippen LogP contribution < -0.4 is 11.1 Å². The van der Waals surface area contributed by atoms with E-state index in [1.54, 1.807) is 7.05 Å². The first-order chi connectivity index (χ1) is 9.40. The van der Waals surface area contributed by atoms with Crippen LogP contribution in [0.3, 0.4) is 0 Å². The van der Waals surface area contributed by atoms with Crippen LogP contribution in [-0.4, -0.2) is 49.9 Å². The number of carbonyl (C=O) groups excluding carboxylic acids is 1. The molecule has 1 saturated heterocycles. The second-order valence-corrected chi connectivity index (χ2v) is 6.94. The average molecular weight is 300 g/mol. The molecule has 3 N–H and O–H groups in total. The van der Waals surface area contributed by atoms with Crippen molar-refractivity contribution in [3.8, 4) is 0 Å². The van der Waals surface area contributed by atoms with Gasteiger partial charge in [-0.25, -0.2) is 8.42 Å². The lowest BCUT2D eigenvalue weighted by atomic mass is 10.1. The molecule has 1 aromatic heterocycles. The van der Waals surface area contributed by atoms with E-state index in [0.717, 1.165) is 6.42 Å². The maximum atomic E-state index is 12.5. The fourth-order valence-corrected chi connectivity index (χ4v) is 3.99. The number of nitrogens with zero attached hydrogens (tertiary/aromatic N) is 2. The summed E-state index contributed by atoms with van der Waals surface area (Å²) in [7, 11) is -0.389. The summed E-state index contributed by atoms with van der Waals surface area (Å²) in [6.45, 7) is 1.42. The highest BCUT2D eigenvalue weighted by Crippen LogP contribution is 2.24. The number of amides is 1. The smallest absolute Gasteiger partial charge is 0.267 e. The summed E-state index contributed by atoms with van der Waals surface area (Å²) in [6.07, 6.45) is 2.25. The van der Waals surface area contributed by atoms with Crippen molar-refractivity contribution in [2.75, 3.05) is 26.7 Å². The first-order valence-corrected chi connectivity index (χ1v) is 7.92. The highest BCUT2D eigenvalue weighted by atomic mass is 32.2. The van der Waals surface area contributed by atoms with Crippen molar-refractivity contribution in [3.05, 3.63) is 18.0 Å². The molecule has 112 valence electrons. The summed E-state index contributed by atoms with van der Waals surface area (Å²) < 4.78 is 28.0. The largest absolute Gasteiger partial charge is 0.354 e. The Balaban J connectivity index is 2.29. The molecular weight excluding hydrogens is 280 g/mol. The van der Waals surface area contributed by atoms with Gasteiger partial charge in [0.25, 0.3) is 5.91 Å². The summed E-state index contributed by atoms with van der Waals surface area (Å²) in [4.78, 5) is 11.8. The standard InChI is InChI=1S/C12H20N4O3S/c1-14-12(17)11-5-10(8-15(11)2)20(18,19)16-4-3-9(6-13)7-16/h5,8-9H,3-4,6-7,13H2,1-2H3,(H,14,17). The zero-order valence-electron chi connectivity index (χ0n) is 11.7. The third kappa shape index (κ3) is 2.58. The Labute approximate surface area is 118 Å². The molecule has 1 aliphatic rings. The number of sulfonamides is 1. The Morgan fingerprint density at radius 2 is 2.25 bits per heavy atom. The van der Waals surface area contributed by atoms with Crippen molar-refractivity contribution in [1.82, 2.24) is 14.2 Å². The van der Waals surface area contributed by atoms with Gasteiger partial charge in [0.2, 0.25) is 10.0 Å². The Morgan fingerprint density at radius 3 is 2.80 bits per heavy atom. The minimum Gasteiger partial charge on any atom is -0.354 e. The quantitative estimate of drug-likeness (QED) is 0.772. The molecule has 0 spiro atoms. The molecule has 2 rings (SSSR count). The highest BCUT2D eigenvalue weighted by Gasteiger charge is 2.33. The summed E-state index contributed by atoms with van der Waals surface area (Å²) in [6, 6.07) is 1.41. The van der Waals surface area contributed by atoms with Gasteiger partial charge >= 0.3 is 0 Å². The van der Waals surface area contributed by atoms with Gasteiger partial charge in [-0.3, -0.25) is 4.79 Å². The van der Waals surface area contributed by atoms with Gasteiger partial charge in [0.05, 0.1) is 0 Å². The van der Waals surface area contributed by atoms with E-state index >= 15 is 0 Å². The molecule has 0 bridgehead atoms. The van der Waals surface area contributed by atoms with Crippen molar-refractivity contribution < 1.29 is 13.2 Å². The third-order valence-electron chi connectivity index (χ3n) is 3.66. The molecule has 1 amide bonds. The number of aryl methyl sites for hydroxylation is 1. The van der Waals surface area contributed by atoms with Gasteiger partial charge in [-0.05, 0) is 24.9 Å². The molecule has 7 nitrogen and oxygen atoms in total. The van der Waals surface area contributed by atoms with Gasteiger partial charge in [0.1, 0.15) is 10.6 Å². The SMILES string of the molecule is CNC(=O)c1cc(S(=O)(=O)N2CCC(CN)C2)cn1C. The number of hydrogen-bond acceptors (Lipinski definition) is 4. The molecule has 0 radical (unpaired) electrons. The molecule has 0 saturated carbocycles. The molecule has 1 aliphatic heterocycles. The molecule has 0 aromatic carbocycles. The summed E-state index contributed by atoms with van der Waals surface area (Å²) in [5.74, 6) is -0.0953. The topological polar surface area (TPSA) is 97.4 Å². The zero-order valence-corrected chi connectivity index (χ0v) is 12.5. The number of aromatic nitrogens is 1. The Morgan fingerprint density at radius 1 is 1.55 bits per heavy atom. The molecule has 2 heterocycles. The van der Waals surface area contributed by atoms with Crippen LogP contribution >= 0.6 is 0 Å². The Hall–Kier alpha value is -1.38. The minimum absolute atomic E-state index is 0.149. The van der Waals surface area contributed by atoms with E-state index in [0.29, 0.717) is 25.3 Å². The lowest BCUT2D eigenvalue weighted by molar-refractivity contribution is 0.0955. The van der Waals surface area contributed by atoms with Crippen molar-refractivity contribution in [3.63, 3.8) is 0 Å². The van der Waals surface area contributed by atoms with E-state index in [-0.39, 0.29) is 16.7 Å².